The Kier molecular flexibility index (Phi) is 15.5. The normalized spacial score (nSPS) is 34.3. The lowest BCUT2D eigenvalue weighted by molar-refractivity contribution is -0.339. The molecular formula is C45H54N2O20. The molecule has 7 rings (SSSR count). The molecule has 16 atom stereocenters. The van der Waals surface area contributed by atoms with Gasteiger partial charge in [0.2, 0.25) is 12.6 Å². The number of pyridine rings is 1. The minimum atomic E-state index is -1.79. The highest BCUT2D eigenvalue weighted by Crippen LogP contribution is 2.42. The second-order valence-corrected chi connectivity index (χ2v) is 16.5. The number of aromatic carboxylic acids is 1. The number of esters is 2. The second-order valence-electron chi connectivity index (χ2n) is 16.5. The number of methoxy groups -OCH3 is 2. The van der Waals surface area contributed by atoms with Crippen LogP contribution in [-0.4, -0.2) is 175 Å². The van der Waals surface area contributed by atoms with Gasteiger partial charge in [-0.2, -0.15) is 0 Å². The summed E-state index contributed by atoms with van der Waals surface area (Å²) in [6, 6.07) is 7.09. The molecule has 2 aromatic heterocycles. The Morgan fingerprint density at radius 1 is 0.731 bits per heavy atom. The molecule has 2 unspecified atom stereocenters. The molecule has 0 saturated carbocycles. The van der Waals surface area contributed by atoms with Crippen LogP contribution in [0.5, 0.6) is 0 Å². The van der Waals surface area contributed by atoms with Crippen LogP contribution in [-0.2, 0) is 60.3 Å². The molecular weight excluding hydrogens is 888 g/mol. The van der Waals surface area contributed by atoms with Gasteiger partial charge >= 0.3 is 17.9 Å². The van der Waals surface area contributed by atoms with E-state index in [0.29, 0.717) is 21.8 Å². The molecule has 4 aliphatic heterocycles. The SMILES string of the molecule is C=C[C@@H]1C(CCc2c(C(=O)O)nc(CC3C(C(=O)OC)=CO[C@@H](O[C@@H]4O[C@H](CO)[C@@H](O)[C@H](O)[C@H]4O)[C@@H]3C=C)c3[nH]c4ccccc4c23)C(C(=O)OC)=CO[C@H]1O[C@@H]1O[C@H](CO)[C@@H](O)[C@H](O)[C@H]1O. The second kappa shape index (κ2) is 20.9. The summed E-state index contributed by atoms with van der Waals surface area (Å²) >= 11 is 0. The van der Waals surface area contributed by atoms with Gasteiger partial charge < -0.3 is 88.8 Å². The van der Waals surface area contributed by atoms with Crippen molar-refractivity contribution < 1.29 is 98.2 Å². The highest BCUT2D eigenvalue weighted by Gasteiger charge is 2.50. The molecule has 364 valence electrons. The third kappa shape index (κ3) is 9.44. The summed E-state index contributed by atoms with van der Waals surface area (Å²) in [4.78, 5) is 48.0. The third-order valence-corrected chi connectivity index (χ3v) is 12.8. The van der Waals surface area contributed by atoms with E-state index in [1.54, 1.807) is 24.3 Å². The Morgan fingerprint density at radius 3 is 1.73 bits per heavy atom. The van der Waals surface area contributed by atoms with E-state index in [4.69, 9.17) is 42.9 Å². The van der Waals surface area contributed by atoms with Gasteiger partial charge in [-0.3, -0.25) is 0 Å². The van der Waals surface area contributed by atoms with Gasteiger partial charge in [0.15, 0.2) is 18.3 Å². The summed E-state index contributed by atoms with van der Waals surface area (Å²) < 4.78 is 44.8. The van der Waals surface area contributed by atoms with Crippen molar-refractivity contribution in [3.63, 3.8) is 0 Å². The maximum absolute atomic E-state index is 13.4. The number of carboxylic acids is 1. The van der Waals surface area contributed by atoms with Crippen molar-refractivity contribution in [3.05, 3.63) is 90.2 Å². The number of aryl methyl sites for hydroxylation is 1. The van der Waals surface area contributed by atoms with Crippen molar-refractivity contribution in [2.75, 3.05) is 27.4 Å². The van der Waals surface area contributed by atoms with E-state index in [-0.39, 0.29) is 47.4 Å². The standard InChI is InChI=1S/C45H54N2O20/c1-5-18-20(24(40(58)60-3)16-62-42(18)66-44-37(54)35(52)33(50)28(14-48)64-44)11-12-22-30-21-9-7-8-10-26(21)46-32(30)27(47-31(22)39(56)57)13-23-19(6-2)43(63-17-25(23)41(59)61-4)67-45-38(55)36(53)34(51)29(15-49)65-45/h5-10,16-20,23,28-29,33-38,42-46,48-55H,1-2,11-15H2,3-4H3,(H,56,57)/t18-,19-,20?,23?,28-,29-,33-,34-,35+,36+,37-,38-,42+,43+,44+,45+/m1/s1. The number of carbonyl (C=O) groups is 3. The molecule has 0 amide bonds. The van der Waals surface area contributed by atoms with Gasteiger partial charge in [0.25, 0.3) is 0 Å². The number of nitrogens with zero attached hydrogens (tertiary/aromatic N) is 1. The number of carbonyl (C=O) groups excluding carboxylic acids is 2. The van der Waals surface area contributed by atoms with Crippen molar-refractivity contribution in [2.45, 2.75) is 93.3 Å². The third-order valence-electron chi connectivity index (χ3n) is 12.8. The maximum atomic E-state index is 13.4. The first-order valence-electron chi connectivity index (χ1n) is 21.3. The van der Waals surface area contributed by atoms with Gasteiger partial charge in [0, 0.05) is 40.0 Å². The first kappa shape index (κ1) is 49.6. The number of aliphatic hydroxyl groups is 8. The number of H-pyrrole nitrogens is 1. The topological polar surface area (TPSA) is 336 Å². The van der Waals surface area contributed by atoms with Crippen LogP contribution in [0.15, 0.2) is 73.2 Å². The molecule has 22 nitrogen and oxygen atoms in total. The predicted molar refractivity (Wildman–Crippen MR) is 227 cm³/mol. The molecule has 6 heterocycles. The van der Waals surface area contributed by atoms with Gasteiger partial charge in [-0.1, -0.05) is 30.4 Å². The zero-order valence-electron chi connectivity index (χ0n) is 36.3. The number of hydrogen-bond acceptors (Lipinski definition) is 20. The summed E-state index contributed by atoms with van der Waals surface area (Å²) in [6.07, 6.45) is -14.1. The largest absolute Gasteiger partial charge is 0.477 e. The van der Waals surface area contributed by atoms with E-state index < -0.39 is 129 Å². The molecule has 0 spiro atoms. The molecule has 2 saturated heterocycles. The molecule has 4 aliphatic rings. The number of aromatic nitrogens is 2. The quantitative estimate of drug-likeness (QED) is 0.0620. The molecule has 2 fully saturated rings. The molecule has 10 N–H and O–H groups in total. The van der Waals surface area contributed by atoms with Crippen molar-refractivity contribution >= 4 is 39.7 Å². The Balaban J connectivity index is 1.26. The van der Waals surface area contributed by atoms with Crippen LogP contribution in [0.1, 0.15) is 28.2 Å². The van der Waals surface area contributed by atoms with Crippen LogP contribution in [0.4, 0.5) is 0 Å². The lowest BCUT2D eigenvalue weighted by Crippen LogP contribution is -2.60. The highest BCUT2D eigenvalue weighted by molar-refractivity contribution is 6.12. The van der Waals surface area contributed by atoms with Gasteiger partial charge in [0.05, 0.1) is 62.3 Å². The zero-order valence-corrected chi connectivity index (χ0v) is 36.3. The Bertz CT molecular complexity index is 2380. The van der Waals surface area contributed by atoms with Gasteiger partial charge in [0.1, 0.15) is 48.8 Å². The molecule has 1 aromatic carbocycles. The fourth-order valence-electron chi connectivity index (χ4n) is 9.20. The van der Waals surface area contributed by atoms with E-state index >= 15 is 0 Å². The maximum Gasteiger partial charge on any atom is 0.354 e. The molecule has 0 radical (unpaired) electrons. The van der Waals surface area contributed by atoms with E-state index in [2.05, 4.69) is 18.1 Å². The summed E-state index contributed by atoms with van der Waals surface area (Å²) in [7, 11) is 2.32. The number of aromatic amines is 1. The van der Waals surface area contributed by atoms with Crippen LogP contribution in [0.3, 0.4) is 0 Å². The predicted octanol–water partition coefficient (Wildman–Crippen LogP) is -0.814. The van der Waals surface area contributed by atoms with Crippen LogP contribution >= 0.6 is 0 Å². The fraction of sp³-hybridized carbons (Fsp3) is 0.511. The molecule has 0 bridgehead atoms. The zero-order chi connectivity index (χ0) is 48.4. The minimum absolute atomic E-state index is 0.00864. The van der Waals surface area contributed by atoms with E-state index in [1.165, 1.54) is 19.3 Å². The van der Waals surface area contributed by atoms with Gasteiger partial charge in [-0.05, 0) is 30.9 Å². The fourth-order valence-corrected chi connectivity index (χ4v) is 9.20. The molecule has 67 heavy (non-hydrogen) atoms. The van der Waals surface area contributed by atoms with Crippen LogP contribution in [0.25, 0.3) is 21.8 Å². The number of para-hydroxylation sites is 1. The van der Waals surface area contributed by atoms with Crippen LogP contribution < -0.4 is 0 Å². The Hall–Kier alpha value is -5.34. The van der Waals surface area contributed by atoms with Crippen LogP contribution in [0, 0.1) is 23.7 Å². The average molecular weight is 943 g/mol. The molecule has 0 aliphatic carbocycles. The van der Waals surface area contributed by atoms with Crippen molar-refractivity contribution in [1.82, 2.24) is 9.97 Å². The lowest BCUT2D eigenvalue weighted by atomic mass is 9.79. The van der Waals surface area contributed by atoms with Crippen molar-refractivity contribution in [3.8, 4) is 0 Å². The number of fused-ring (bicyclic) bond motifs is 3. The van der Waals surface area contributed by atoms with Gasteiger partial charge in [-0.15, -0.1) is 13.2 Å². The number of ether oxygens (including phenoxy) is 8. The summed E-state index contributed by atoms with van der Waals surface area (Å²) in [5.74, 6) is -6.66. The number of carboxylic acid groups (broad SMARTS) is 1. The monoisotopic (exact) mass is 942 g/mol. The minimum Gasteiger partial charge on any atom is -0.477 e. The first-order chi connectivity index (χ1) is 32.1. The van der Waals surface area contributed by atoms with E-state index in [1.807, 2.05) is 0 Å². The van der Waals surface area contributed by atoms with Gasteiger partial charge in [-0.25, -0.2) is 19.4 Å². The highest BCUT2D eigenvalue weighted by atomic mass is 16.8. The molecule has 3 aromatic rings. The van der Waals surface area contributed by atoms with E-state index in [9.17, 15) is 60.3 Å². The molecule has 22 heteroatoms. The summed E-state index contributed by atoms with van der Waals surface area (Å²) in [5.41, 5.74) is 1.10. The smallest absolute Gasteiger partial charge is 0.354 e. The van der Waals surface area contributed by atoms with Crippen molar-refractivity contribution in [1.29, 1.82) is 0 Å². The number of benzene rings is 1. The average Bonchev–Trinajstić information content (AvgIpc) is 3.73. The Morgan fingerprint density at radius 2 is 1.24 bits per heavy atom. The number of aliphatic hydroxyl groups excluding tert-OH is 8. The van der Waals surface area contributed by atoms with Crippen LogP contribution in [0.2, 0.25) is 0 Å². The first-order valence-corrected chi connectivity index (χ1v) is 21.3. The summed E-state index contributed by atoms with van der Waals surface area (Å²) in [5, 5.41) is 94.4. The van der Waals surface area contributed by atoms with Crippen molar-refractivity contribution in [2.24, 2.45) is 23.7 Å². The number of hydrogen-bond donors (Lipinski definition) is 10. The van der Waals surface area contributed by atoms with E-state index in [0.717, 1.165) is 19.6 Å². The number of nitrogens with one attached hydrogen (secondary N) is 1. The Labute approximate surface area is 381 Å². The number of rotatable bonds is 16. The lowest BCUT2D eigenvalue weighted by Gasteiger charge is -2.43. The summed E-state index contributed by atoms with van der Waals surface area (Å²) in [6.45, 7) is 6.41.